The second-order valence-corrected chi connectivity index (χ2v) is 4.81. The third kappa shape index (κ3) is 3.17. The first kappa shape index (κ1) is 13.9. The molecule has 1 heterocycles. The number of hydrogen-bond acceptors (Lipinski definition) is 4. The zero-order valence-corrected chi connectivity index (χ0v) is 12.1. The zero-order valence-electron chi connectivity index (χ0n) is 12.1. The first-order valence-electron chi connectivity index (χ1n) is 6.89. The molecule has 0 amide bonds. The Bertz CT molecular complexity index is 834. The van der Waals surface area contributed by atoms with E-state index in [1.807, 2.05) is 48.5 Å². The number of carbonyl (C=O) groups is 1. The maximum Gasteiger partial charge on any atom is 0.230 e. The van der Waals surface area contributed by atoms with Gasteiger partial charge in [-0.3, -0.25) is 4.79 Å². The summed E-state index contributed by atoms with van der Waals surface area (Å²) in [5.41, 5.74) is 1.78. The fourth-order valence-electron chi connectivity index (χ4n) is 2.03. The maximum absolute atomic E-state index is 10.9. The van der Waals surface area contributed by atoms with E-state index in [0.717, 1.165) is 16.5 Å². The number of nitrogens with zero attached hydrogens (tertiary/aromatic N) is 2. The Labute approximate surface area is 128 Å². The molecule has 3 rings (SSSR count). The lowest BCUT2D eigenvalue weighted by molar-refractivity contribution is -0.112. The van der Waals surface area contributed by atoms with Crippen molar-refractivity contribution in [3.05, 3.63) is 66.5 Å². The summed E-state index contributed by atoms with van der Waals surface area (Å²) in [6.07, 6.45) is 4.79. The van der Waals surface area contributed by atoms with Gasteiger partial charge in [0.15, 0.2) is 5.78 Å². The van der Waals surface area contributed by atoms with Crippen LogP contribution in [0.3, 0.4) is 0 Å². The maximum atomic E-state index is 10.9. The van der Waals surface area contributed by atoms with Crippen molar-refractivity contribution in [3.63, 3.8) is 0 Å². The van der Waals surface area contributed by atoms with Gasteiger partial charge in [-0.2, -0.15) is 0 Å². The summed E-state index contributed by atoms with van der Waals surface area (Å²) < 4.78 is 5.83. The Morgan fingerprint density at radius 1 is 1.05 bits per heavy atom. The molecule has 0 atom stereocenters. The molecule has 0 N–H and O–H groups in total. The number of carbonyl (C=O) groups excluding carboxylic acids is 1. The molecule has 0 fully saturated rings. The van der Waals surface area contributed by atoms with Gasteiger partial charge in [0, 0.05) is 0 Å². The zero-order chi connectivity index (χ0) is 15.4. The fourth-order valence-corrected chi connectivity index (χ4v) is 2.03. The molecule has 0 radical (unpaired) electrons. The quantitative estimate of drug-likeness (QED) is 0.681. The Balaban J connectivity index is 1.85. The van der Waals surface area contributed by atoms with E-state index >= 15 is 0 Å². The molecule has 4 heteroatoms. The second-order valence-electron chi connectivity index (χ2n) is 4.81. The first-order valence-corrected chi connectivity index (χ1v) is 6.89. The van der Waals surface area contributed by atoms with Crippen molar-refractivity contribution in [2.45, 2.75) is 6.92 Å². The van der Waals surface area contributed by atoms with Crippen LogP contribution in [0.2, 0.25) is 0 Å². The Hall–Kier alpha value is -3.01. The summed E-state index contributed by atoms with van der Waals surface area (Å²) in [6, 6.07) is 15.2. The number of aromatic nitrogens is 2. The van der Waals surface area contributed by atoms with Crippen molar-refractivity contribution in [3.8, 4) is 11.6 Å². The van der Waals surface area contributed by atoms with E-state index in [4.69, 9.17) is 4.74 Å². The van der Waals surface area contributed by atoms with Gasteiger partial charge in [0.05, 0.1) is 10.9 Å². The molecule has 0 bridgehead atoms. The van der Waals surface area contributed by atoms with Crippen LogP contribution in [0.4, 0.5) is 0 Å². The lowest BCUT2D eigenvalue weighted by Crippen LogP contribution is -1.91. The molecule has 0 aliphatic carbocycles. The molecule has 108 valence electrons. The van der Waals surface area contributed by atoms with Gasteiger partial charge in [0.2, 0.25) is 5.88 Å². The normalized spacial score (nSPS) is 11.0. The SMILES string of the molecule is CC(=O)/C=C/c1ccc(Oc2ncnc3ccccc23)cc1. The minimum absolute atomic E-state index is 0.0211. The van der Waals surface area contributed by atoms with Gasteiger partial charge in [-0.05, 0) is 42.8 Å². The summed E-state index contributed by atoms with van der Waals surface area (Å²) in [5.74, 6) is 1.23. The van der Waals surface area contributed by atoms with Gasteiger partial charge in [0.25, 0.3) is 0 Å². The lowest BCUT2D eigenvalue weighted by Gasteiger charge is -2.07. The first-order chi connectivity index (χ1) is 10.7. The summed E-state index contributed by atoms with van der Waals surface area (Å²) in [6.45, 7) is 1.52. The van der Waals surface area contributed by atoms with E-state index in [9.17, 15) is 4.79 Å². The summed E-state index contributed by atoms with van der Waals surface area (Å²) in [4.78, 5) is 19.3. The van der Waals surface area contributed by atoms with E-state index in [-0.39, 0.29) is 5.78 Å². The van der Waals surface area contributed by atoms with Crippen molar-refractivity contribution in [1.29, 1.82) is 0 Å². The van der Waals surface area contributed by atoms with Crippen LogP contribution >= 0.6 is 0 Å². The standard InChI is InChI=1S/C18H14N2O2/c1-13(21)6-7-14-8-10-15(11-9-14)22-18-16-4-2-3-5-17(16)19-12-20-18/h2-12H,1H3/b7-6+. The van der Waals surface area contributed by atoms with E-state index in [1.165, 1.54) is 19.3 Å². The van der Waals surface area contributed by atoms with E-state index in [1.54, 1.807) is 6.08 Å². The van der Waals surface area contributed by atoms with E-state index < -0.39 is 0 Å². The Kier molecular flexibility index (Phi) is 3.92. The number of hydrogen-bond donors (Lipinski definition) is 0. The fraction of sp³-hybridized carbons (Fsp3) is 0.0556. The highest BCUT2D eigenvalue weighted by Gasteiger charge is 2.05. The van der Waals surface area contributed by atoms with Crippen molar-refractivity contribution in [2.24, 2.45) is 0 Å². The summed E-state index contributed by atoms with van der Waals surface area (Å²) in [5, 5.41) is 0.866. The second kappa shape index (κ2) is 6.18. The van der Waals surface area contributed by atoms with Crippen molar-refractivity contribution < 1.29 is 9.53 Å². The molecule has 22 heavy (non-hydrogen) atoms. The van der Waals surface area contributed by atoms with Crippen LogP contribution in [-0.2, 0) is 4.79 Å². The summed E-state index contributed by atoms with van der Waals surface area (Å²) in [7, 11) is 0. The number of para-hydroxylation sites is 1. The molecule has 3 aromatic rings. The molecule has 0 unspecified atom stereocenters. The molecule has 1 aromatic heterocycles. The third-order valence-electron chi connectivity index (χ3n) is 3.11. The molecule has 0 aliphatic heterocycles. The van der Waals surface area contributed by atoms with Crippen molar-refractivity contribution in [2.75, 3.05) is 0 Å². The van der Waals surface area contributed by atoms with Gasteiger partial charge in [-0.15, -0.1) is 0 Å². The topological polar surface area (TPSA) is 52.1 Å². The average Bonchev–Trinajstić information content (AvgIpc) is 2.54. The number of fused-ring (bicyclic) bond motifs is 1. The number of rotatable bonds is 4. The lowest BCUT2D eigenvalue weighted by atomic mass is 10.2. The summed E-state index contributed by atoms with van der Waals surface area (Å²) >= 11 is 0. The monoisotopic (exact) mass is 290 g/mol. The minimum atomic E-state index is 0.0211. The Morgan fingerprint density at radius 2 is 1.82 bits per heavy atom. The molecule has 2 aromatic carbocycles. The van der Waals surface area contributed by atoms with Crippen LogP contribution in [0.5, 0.6) is 11.6 Å². The van der Waals surface area contributed by atoms with Gasteiger partial charge >= 0.3 is 0 Å². The molecule has 0 saturated heterocycles. The highest BCUT2D eigenvalue weighted by molar-refractivity contribution is 5.91. The highest BCUT2D eigenvalue weighted by atomic mass is 16.5. The van der Waals surface area contributed by atoms with Gasteiger partial charge in [0.1, 0.15) is 12.1 Å². The van der Waals surface area contributed by atoms with Crippen LogP contribution in [0.15, 0.2) is 60.9 Å². The van der Waals surface area contributed by atoms with E-state index in [2.05, 4.69) is 9.97 Å². The number of allylic oxidation sites excluding steroid dienone is 1. The highest BCUT2D eigenvalue weighted by Crippen LogP contribution is 2.26. The molecule has 0 aliphatic rings. The van der Waals surface area contributed by atoms with E-state index in [0.29, 0.717) is 11.6 Å². The smallest absolute Gasteiger partial charge is 0.230 e. The van der Waals surface area contributed by atoms with Crippen molar-refractivity contribution in [1.82, 2.24) is 9.97 Å². The Morgan fingerprint density at radius 3 is 2.59 bits per heavy atom. The van der Waals surface area contributed by atoms with Crippen LogP contribution in [0.25, 0.3) is 17.0 Å². The van der Waals surface area contributed by atoms with Crippen LogP contribution in [0, 0.1) is 0 Å². The van der Waals surface area contributed by atoms with Crippen LogP contribution in [0.1, 0.15) is 12.5 Å². The molecule has 0 saturated carbocycles. The molecular formula is C18H14N2O2. The largest absolute Gasteiger partial charge is 0.438 e. The average molecular weight is 290 g/mol. The van der Waals surface area contributed by atoms with Crippen LogP contribution in [-0.4, -0.2) is 15.8 Å². The number of ketones is 1. The minimum Gasteiger partial charge on any atom is -0.438 e. The molecular weight excluding hydrogens is 276 g/mol. The third-order valence-corrected chi connectivity index (χ3v) is 3.11. The van der Waals surface area contributed by atoms with Gasteiger partial charge in [-0.25, -0.2) is 9.97 Å². The predicted molar refractivity (Wildman–Crippen MR) is 85.8 cm³/mol. The van der Waals surface area contributed by atoms with Gasteiger partial charge in [-0.1, -0.05) is 30.3 Å². The number of ether oxygens (including phenoxy) is 1. The van der Waals surface area contributed by atoms with Gasteiger partial charge < -0.3 is 4.74 Å². The predicted octanol–water partition coefficient (Wildman–Crippen LogP) is 4.02. The van der Waals surface area contributed by atoms with Crippen molar-refractivity contribution >= 4 is 22.8 Å². The molecule has 0 spiro atoms. The molecule has 4 nitrogen and oxygen atoms in total. The number of benzene rings is 2. The van der Waals surface area contributed by atoms with Crippen LogP contribution < -0.4 is 4.74 Å².